The number of aromatic nitrogens is 1. The summed E-state index contributed by atoms with van der Waals surface area (Å²) in [5.74, 6) is 2.34. The maximum Gasteiger partial charge on any atom is 0.154 e. The number of nitrogens with zero attached hydrogens (tertiary/aromatic N) is 1. The first-order valence-electron chi connectivity index (χ1n) is 5.29. The van der Waals surface area contributed by atoms with Crippen LogP contribution in [0, 0.1) is 6.92 Å². The predicted molar refractivity (Wildman–Crippen MR) is 75.1 cm³/mol. The zero-order chi connectivity index (χ0) is 12.0. The molecule has 1 aromatic rings. The Balaban J connectivity index is 2.47. The molecule has 16 heavy (non-hydrogen) atoms. The summed E-state index contributed by atoms with van der Waals surface area (Å²) in [6, 6.07) is 1.82. The van der Waals surface area contributed by atoms with Gasteiger partial charge in [0.2, 0.25) is 0 Å². The summed E-state index contributed by atoms with van der Waals surface area (Å²) >= 11 is 13.8. The van der Waals surface area contributed by atoms with Crippen LogP contribution in [-0.4, -0.2) is 23.0 Å². The van der Waals surface area contributed by atoms with Crippen molar-refractivity contribution < 1.29 is 0 Å². The second-order valence-electron chi connectivity index (χ2n) is 3.40. The van der Waals surface area contributed by atoms with Crippen molar-refractivity contribution in [1.29, 1.82) is 0 Å². The normalized spacial score (nSPS) is 10.5. The molecular weight excluding hydrogens is 263 g/mol. The average Bonchev–Trinajstić information content (AvgIpc) is 2.20. The fraction of sp³-hybridized carbons (Fsp3) is 0.545. The van der Waals surface area contributed by atoms with E-state index in [2.05, 4.69) is 17.2 Å². The molecule has 0 spiro atoms. The quantitative estimate of drug-likeness (QED) is 0.622. The Bertz CT molecular complexity index is 322. The molecule has 0 saturated heterocycles. The van der Waals surface area contributed by atoms with Gasteiger partial charge in [-0.1, -0.05) is 30.1 Å². The maximum absolute atomic E-state index is 6.01. The minimum absolute atomic E-state index is 0.439. The molecule has 0 radical (unpaired) electrons. The van der Waals surface area contributed by atoms with Gasteiger partial charge in [-0.2, -0.15) is 11.8 Å². The highest BCUT2D eigenvalue weighted by Gasteiger charge is 2.06. The van der Waals surface area contributed by atoms with Crippen molar-refractivity contribution in [2.45, 2.75) is 20.3 Å². The van der Waals surface area contributed by atoms with Gasteiger partial charge in [0.15, 0.2) is 5.15 Å². The van der Waals surface area contributed by atoms with Crippen molar-refractivity contribution in [3.63, 3.8) is 0 Å². The number of nitrogens with one attached hydrogen (secondary N) is 1. The summed E-state index contributed by atoms with van der Waals surface area (Å²) in [6.07, 6.45) is 1.12. The lowest BCUT2D eigenvalue weighted by Crippen LogP contribution is -2.05. The van der Waals surface area contributed by atoms with Crippen molar-refractivity contribution in [3.05, 3.63) is 21.9 Å². The third-order valence-electron chi connectivity index (χ3n) is 2.11. The molecule has 1 N–H and O–H groups in total. The Morgan fingerprint density at radius 3 is 2.81 bits per heavy atom. The molecule has 0 aromatic carbocycles. The van der Waals surface area contributed by atoms with Crippen LogP contribution >= 0.6 is 35.0 Å². The van der Waals surface area contributed by atoms with Crippen LogP contribution in [0.25, 0.3) is 0 Å². The molecule has 0 aliphatic heterocycles. The van der Waals surface area contributed by atoms with Gasteiger partial charge in [-0.05, 0) is 36.5 Å². The van der Waals surface area contributed by atoms with Gasteiger partial charge in [-0.25, -0.2) is 4.98 Å². The van der Waals surface area contributed by atoms with Gasteiger partial charge in [0.05, 0.1) is 5.69 Å². The summed E-state index contributed by atoms with van der Waals surface area (Å²) in [7, 11) is 0. The van der Waals surface area contributed by atoms with Gasteiger partial charge in [0.1, 0.15) is 5.15 Å². The highest BCUT2D eigenvalue weighted by Crippen LogP contribution is 2.26. The van der Waals surface area contributed by atoms with Gasteiger partial charge in [-0.15, -0.1) is 0 Å². The number of thioether (sulfide) groups is 1. The summed E-state index contributed by atoms with van der Waals surface area (Å²) in [5.41, 5.74) is 1.93. The Kier molecular flexibility index (Phi) is 6.32. The van der Waals surface area contributed by atoms with Crippen molar-refractivity contribution in [2.24, 2.45) is 0 Å². The van der Waals surface area contributed by atoms with E-state index in [1.165, 1.54) is 11.5 Å². The van der Waals surface area contributed by atoms with E-state index >= 15 is 0 Å². The number of rotatable bonds is 6. The van der Waals surface area contributed by atoms with Gasteiger partial charge in [-0.3, -0.25) is 0 Å². The highest BCUT2D eigenvalue weighted by atomic mass is 35.5. The molecule has 0 atom stereocenters. The summed E-state index contributed by atoms with van der Waals surface area (Å²) in [6.45, 7) is 5.06. The Hall–Kier alpha value is -0.120. The van der Waals surface area contributed by atoms with E-state index in [0.29, 0.717) is 10.3 Å². The van der Waals surface area contributed by atoms with E-state index in [1.54, 1.807) is 0 Å². The van der Waals surface area contributed by atoms with E-state index in [0.717, 1.165) is 24.2 Å². The number of hydrogen-bond acceptors (Lipinski definition) is 3. The molecule has 90 valence electrons. The predicted octanol–water partition coefficient (Wildman–Crippen LogP) is 4.25. The van der Waals surface area contributed by atoms with Crippen LogP contribution in [0.5, 0.6) is 0 Å². The monoisotopic (exact) mass is 278 g/mol. The molecule has 0 fully saturated rings. The van der Waals surface area contributed by atoms with Gasteiger partial charge >= 0.3 is 0 Å². The molecule has 0 aliphatic carbocycles. The van der Waals surface area contributed by atoms with Crippen LogP contribution in [0.3, 0.4) is 0 Å². The first-order valence-corrected chi connectivity index (χ1v) is 7.20. The largest absolute Gasteiger partial charge is 0.382 e. The molecule has 0 unspecified atom stereocenters. The third-order valence-corrected chi connectivity index (χ3v) is 3.57. The lowest BCUT2D eigenvalue weighted by molar-refractivity contribution is 0.986. The number of aryl methyl sites for hydroxylation is 1. The topological polar surface area (TPSA) is 24.9 Å². The SMILES string of the molecule is CCSCCCNc1c(C)cc(Cl)nc1Cl. The minimum Gasteiger partial charge on any atom is -0.382 e. The lowest BCUT2D eigenvalue weighted by atomic mass is 10.2. The van der Waals surface area contributed by atoms with Crippen LogP contribution in [0.4, 0.5) is 5.69 Å². The Morgan fingerprint density at radius 2 is 2.19 bits per heavy atom. The van der Waals surface area contributed by atoms with E-state index in [-0.39, 0.29) is 0 Å². The zero-order valence-corrected chi connectivity index (χ0v) is 11.8. The molecule has 0 bridgehead atoms. The smallest absolute Gasteiger partial charge is 0.154 e. The number of halogens is 2. The molecule has 2 nitrogen and oxygen atoms in total. The standard InChI is InChI=1S/C11H16Cl2N2S/c1-3-16-6-4-5-14-10-8(2)7-9(12)15-11(10)13/h7,14H,3-6H2,1-2H3. The first-order chi connectivity index (χ1) is 7.65. The second-order valence-corrected chi connectivity index (χ2v) is 5.54. The molecular formula is C11H16Cl2N2S. The average molecular weight is 279 g/mol. The summed E-state index contributed by atoms with van der Waals surface area (Å²) in [4.78, 5) is 4.01. The first kappa shape index (κ1) is 13.9. The number of anilines is 1. The third kappa shape index (κ3) is 4.40. The van der Waals surface area contributed by atoms with E-state index < -0.39 is 0 Å². The lowest BCUT2D eigenvalue weighted by Gasteiger charge is -2.10. The summed E-state index contributed by atoms with van der Waals surface area (Å²) in [5, 5.41) is 4.19. The highest BCUT2D eigenvalue weighted by molar-refractivity contribution is 7.99. The molecule has 1 aromatic heterocycles. The van der Waals surface area contributed by atoms with Crippen LogP contribution in [0.2, 0.25) is 10.3 Å². The van der Waals surface area contributed by atoms with Crippen molar-refractivity contribution in [2.75, 3.05) is 23.4 Å². The molecule has 0 saturated carbocycles. The van der Waals surface area contributed by atoms with Crippen LogP contribution in [0.1, 0.15) is 18.9 Å². The van der Waals surface area contributed by atoms with Crippen LogP contribution < -0.4 is 5.32 Å². The second kappa shape index (κ2) is 7.25. The molecule has 1 rings (SSSR count). The minimum atomic E-state index is 0.439. The number of pyridine rings is 1. The van der Waals surface area contributed by atoms with Crippen LogP contribution in [0.15, 0.2) is 6.07 Å². The van der Waals surface area contributed by atoms with Gasteiger partial charge in [0.25, 0.3) is 0 Å². The maximum atomic E-state index is 6.01. The van der Waals surface area contributed by atoms with E-state index in [4.69, 9.17) is 23.2 Å². The van der Waals surface area contributed by atoms with Crippen LogP contribution in [-0.2, 0) is 0 Å². The fourth-order valence-electron chi connectivity index (χ4n) is 1.34. The van der Waals surface area contributed by atoms with Crippen molar-refractivity contribution in [1.82, 2.24) is 4.98 Å². The zero-order valence-electron chi connectivity index (χ0n) is 9.52. The van der Waals surface area contributed by atoms with Gasteiger partial charge in [0, 0.05) is 6.54 Å². The Morgan fingerprint density at radius 1 is 1.44 bits per heavy atom. The van der Waals surface area contributed by atoms with Crippen molar-refractivity contribution >= 4 is 40.7 Å². The Labute approximate surface area is 111 Å². The van der Waals surface area contributed by atoms with E-state index in [1.807, 2.05) is 24.8 Å². The molecule has 1 heterocycles. The van der Waals surface area contributed by atoms with Gasteiger partial charge < -0.3 is 5.32 Å². The fourth-order valence-corrected chi connectivity index (χ4v) is 2.58. The van der Waals surface area contributed by atoms with E-state index in [9.17, 15) is 0 Å². The summed E-state index contributed by atoms with van der Waals surface area (Å²) < 4.78 is 0. The molecule has 5 heteroatoms. The van der Waals surface area contributed by atoms with Crippen molar-refractivity contribution in [3.8, 4) is 0 Å². The molecule has 0 aliphatic rings. The number of hydrogen-bond donors (Lipinski definition) is 1. The molecule has 0 amide bonds.